The number of hydrogen-bond donors (Lipinski definition) is 0. The number of hydrogen-bond acceptors (Lipinski definition) is 2. The first-order valence-electron chi connectivity index (χ1n) is 5.39. The van der Waals surface area contributed by atoms with Crippen LogP contribution in [0.1, 0.15) is 32.6 Å². The molecule has 1 saturated heterocycles. The molecule has 74 valence electrons. The van der Waals surface area contributed by atoms with E-state index >= 15 is 0 Å². The Morgan fingerprint density at radius 1 is 1.38 bits per heavy atom. The van der Waals surface area contributed by atoms with E-state index in [0.717, 1.165) is 26.1 Å². The second kappa shape index (κ2) is 3.79. The van der Waals surface area contributed by atoms with E-state index in [4.69, 9.17) is 4.74 Å². The van der Waals surface area contributed by atoms with E-state index in [1.807, 2.05) is 0 Å². The van der Waals surface area contributed by atoms with Crippen molar-refractivity contribution in [3.63, 3.8) is 0 Å². The lowest BCUT2D eigenvalue weighted by Gasteiger charge is -2.29. The van der Waals surface area contributed by atoms with Gasteiger partial charge in [-0.1, -0.05) is 6.92 Å². The SMILES string of the molecule is CC1C(=O)CCC1C1CCCOC1. The molecule has 3 unspecified atom stereocenters. The van der Waals surface area contributed by atoms with Gasteiger partial charge in [-0.2, -0.15) is 0 Å². The molecule has 2 rings (SSSR count). The zero-order valence-electron chi connectivity index (χ0n) is 8.29. The molecule has 13 heavy (non-hydrogen) atoms. The molecular weight excluding hydrogens is 164 g/mol. The molecule has 0 radical (unpaired) electrons. The highest BCUT2D eigenvalue weighted by Crippen LogP contribution is 2.37. The van der Waals surface area contributed by atoms with Crippen molar-refractivity contribution in [3.05, 3.63) is 0 Å². The molecule has 0 aromatic heterocycles. The van der Waals surface area contributed by atoms with Crippen LogP contribution in [0.25, 0.3) is 0 Å². The molecule has 3 atom stereocenters. The number of carbonyl (C=O) groups is 1. The van der Waals surface area contributed by atoms with E-state index < -0.39 is 0 Å². The lowest BCUT2D eigenvalue weighted by atomic mass is 9.81. The van der Waals surface area contributed by atoms with Crippen molar-refractivity contribution >= 4 is 5.78 Å². The standard InChI is InChI=1S/C11H18O2/c1-8-10(4-5-11(8)12)9-3-2-6-13-7-9/h8-10H,2-7H2,1H3. The van der Waals surface area contributed by atoms with E-state index in [2.05, 4.69) is 6.92 Å². The third-order valence-corrected chi connectivity index (χ3v) is 3.68. The van der Waals surface area contributed by atoms with Crippen LogP contribution in [-0.2, 0) is 9.53 Å². The average molecular weight is 182 g/mol. The van der Waals surface area contributed by atoms with Crippen molar-refractivity contribution in [1.29, 1.82) is 0 Å². The third kappa shape index (κ3) is 1.78. The highest BCUT2D eigenvalue weighted by Gasteiger charge is 2.36. The zero-order chi connectivity index (χ0) is 9.26. The number of ketones is 1. The summed E-state index contributed by atoms with van der Waals surface area (Å²) in [7, 11) is 0. The third-order valence-electron chi connectivity index (χ3n) is 3.68. The van der Waals surface area contributed by atoms with Gasteiger partial charge in [0.15, 0.2) is 0 Å². The second-order valence-corrected chi connectivity index (χ2v) is 4.43. The minimum Gasteiger partial charge on any atom is -0.381 e. The van der Waals surface area contributed by atoms with Gasteiger partial charge in [0.1, 0.15) is 5.78 Å². The van der Waals surface area contributed by atoms with Crippen molar-refractivity contribution < 1.29 is 9.53 Å². The van der Waals surface area contributed by atoms with Crippen LogP contribution in [0, 0.1) is 17.8 Å². The zero-order valence-corrected chi connectivity index (χ0v) is 8.29. The fourth-order valence-corrected chi connectivity index (χ4v) is 2.77. The predicted octanol–water partition coefficient (Wildman–Crippen LogP) is 2.03. The minimum atomic E-state index is 0.298. The monoisotopic (exact) mass is 182 g/mol. The van der Waals surface area contributed by atoms with Gasteiger partial charge in [-0.25, -0.2) is 0 Å². The van der Waals surface area contributed by atoms with Crippen LogP contribution in [0.5, 0.6) is 0 Å². The fraction of sp³-hybridized carbons (Fsp3) is 0.909. The first kappa shape index (κ1) is 9.20. The average Bonchev–Trinajstić information content (AvgIpc) is 2.49. The van der Waals surface area contributed by atoms with E-state index in [0.29, 0.717) is 23.5 Å². The topological polar surface area (TPSA) is 26.3 Å². The normalized spacial score (nSPS) is 41.0. The molecular formula is C11H18O2. The number of ether oxygens (including phenoxy) is 1. The smallest absolute Gasteiger partial charge is 0.135 e. The number of rotatable bonds is 1. The summed E-state index contributed by atoms with van der Waals surface area (Å²) in [6.45, 7) is 3.91. The summed E-state index contributed by atoms with van der Waals surface area (Å²) >= 11 is 0. The van der Waals surface area contributed by atoms with Gasteiger partial charge < -0.3 is 4.74 Å². The summed E-state index contributed by atoms with van der Waals surface area (Å²) < 4.78 is 5.47. The van der Waals surface area contributed by atoms with Gasteiger partial charge in [0.05, 0.1) is 0 Å². The maximum absolute atomic E-state index is 11.4. The molecule has 1 saturated carbocycles. The fourth-order valence-electron chi connectivity index (χ4n) is 2.77. The van der Waals surface area contributed by atoms with Gasteiger partial charge >= 0.3 is 0 Å². The Bertz CT molecular complexity index is 194. The number of Topliss-reactive ketones (excluding diaryl/α,β-unsaturated/α-hetero) is 1. The summed E-state index contributed by atoms with van der Waals surface area (Å²) in [6, 6.07) is 0. The summed E-state index contributed by atoms with van der Waals surface area (Å²) in [6.07, 6.45) is 4.36. The minimum absolute atomic E-state index is 0.298. The Hall–Kier alpha value is -0.370. The largest absolute Gasteiger partial charge is 0.381 e. The lowest BCUT2D eigenvalue weighted by Crippen LogP contribution is -2.27. The molecule has 1 heterocycles. The molecule has 0 amide bonds. The van der Waals surface area contributed by atoms with Gasteiger partial charge in [-0.05, 0) is 31.1 Å². The maximum atomic E-state index is 11.4. The predicted molar refractivity (Wildman–Crippen MR) is 50.4 cm³/mol. The van der Waals surface area contributed by atoms with Crippen molar-refractivity contribution in [1.82, 2.24) is 0 Å². The summed E-state index contributed by atoms with van der Waals surface area (Å²) in [5.41, 5.74) is 0. The van der Waals surface area contributed by atoms with Crippen LogP contribution >= 0.6 is 0 Å². The Balaban J connectivity index is 1.95. The Kier molecular flexibility index (Phi) is 2.68. The van der Waals surface area contributed by atoms with E-state index in [-0.39, 0.29) is 0 Å². The van der Waals surface area contributed by atoms with Gasteiger partial charge in [-0.15, -0.1) is 0 Å². The van der Waals surface area contributed by atoms with Crippen LogP contribution in [0.15, 0.2) is 0 Å². The summed E-state index contributed by atoms with van der Waals surface area (Å²) in [4.78, 5) is 11.4. The maximum Gasteiger partial charge on any atom is 0.135 e. The summed E-state index contributed by atoms with van der Waals surface area (Å²) in [5, 5.41) is 0. The van der Waals surface area contributed by atoms with Gasteiger partial charge in [-0.3, -0.25) is 4.79 Å². The Morgan fingerprint density at radius 2 is 2.23 bits per heavy atom. The Labute approximate surface area is 79.7 Å². The van der Waals surface area contributed by atoms with Gasteiger partial charge in [0.25, 0.3) is 0 Å². The molecule has 0 aromatic carbocycles. The molecule has 0 N–H and O–H groups in total. The first-order valence-corrected chi connectivity index (χ1v) is 5.39. The van der Waals surface area contributed by atoms with Crippen molar-refractivity contribution in [2.75, 3.05) is 13.2 Å². The molecule has 0 aromatic rings. The first-order chi connectivity index (χ1) is 6.29. The van der Waals surface area contributed by atoms with E-state index in [1.165, 1.54) is 12.8 Å². The van der Waals surface area contributed by atoms with Crippen LogP contribution in [0.4, 0.5) is 0 Å². The van der Waals surface area contributed by atoms with E-state index in [1.54, 1.807) is 0 Å². The van der Waals surface area contributed by atoms with Gasteiger partial charge in [0.2, 0.25) is 0 Å². The molecule has 1 aliphatic heterocycles. The van der Waals surface area contributed by atoms with Crippen molar-refractivity contribution in [2.45, 2.75) is 32.6 Å². The second-order valence-electron chi connectivity index (χ2n) is 4.43. The van der Waals surface area contributed by atoms with Crippen molar-refractivity contribution in [3.8, 4) is 0 Å². The molecule has 2 fully saturated rings. The van der Waals surface area contributed by atoms with Crippen molar-refractivity contribution in [2.24, 2.45) is 17.8 Å². The lowest BCUT2D eigenvalue weighted by molar-refractivity contribution is -0.121. The number of carbonyl (C=O) groups excluding carboxylic acids is 1. The van der Waals surface area contributed by atoms with Crippen LogP contribution in [0.3, 0.4) is 0 Å². The molecule has 0 bridgehead atoms. The van der Waals surface area contributed by atoms with E-state index in [9.17, 15) is 4.79 Å². The molecule has 0 spiro atoms. The molecule has 2 heteroatoms. The molecule has 2 aliphatic rings. The molecule has 1 aliphatic carbocycles. The van der Waals surface area contributed by atoms with Crippen LogP contribution in [0.2, 0.25) is 0 Å². The summed E-state index contributed by atoms with van der Waals surface area (Å²) in [5.74, 6) is 2.05. The molecule has 2 nitrogen and oxygen atoms in total. The van der Waals surface area contributed by atoms with Crippen LogP contribution < -0.4 is 0 Å². The highest BCUT2D eigenvalue weighted by atomic mass is 16.5. The van der Waals surface area contributed by atoms with Crippen LogP contribution in [-0.4, -0.2) is 19.0 Å². The highest BCUT2D eigenvalue weighted by molar-refractivity contribution is 5.83. The van der Waals surface area contributed by atoms with Gasteiger partial charge in [0, 0.05) is 25.6 Å². The Morgan fingerprint density at radius 3 is 2.77 bits per heavy atom. The quantitative estimate of drug-likeness (QED) is 0.620.